The van der Waals surface area contributed by atoms with E-state index in [1.165, 1.54) is 4.90 Å². The van der Waals surface area contributed by atoms with Crippen molar-refractivity contribution in [1.29, 1.82) is 0 Å². The summed E-state index contributed by atoms with van der Waals surface area (Å²) in [5.41, 5.74) is 0. The number of hydrogen-bond acceptors (Lipinski definition) is 2. The molecule has 0 saturated carbocycles. The van der Waals surface area contributed by atoms with Gasteiger partial charge in [0.2, 0.25) is 0 Å². The van der Waals surface area contributed by atoms with E-state index in [0.717, 1.165) is 6.42 Å². The second-order valence-corrected chi connectivity index (χ2v) is 5.67. The van der Waals surface area contributed by atoms with Gasteiger partial charge in [-0.3, -0.25) is 4.79 Å². The zero-order chi connectivity index (χ0) is 12.0. The van der Waals surface area contributed by atoms with Crippen molar-refractivity contribution < 1.29 is 4.79 Å². The van der Waals surface area contributed by atoms with E-state index in [-0.39, 0.29) is 5.25 Å². The molecule has 1 atom stereocenters. The quantitative estimate of drug-likeness (QED) is 0.689. The second-order valence-electron chi connectivity index (χ2n) is 4.39. The minimum atomic E-state index is 0.116. The van der Waals surface area contributed by atoms with Crippen LogP contribution >= 0.6 is 11.8 Å². The third-order valence-corrected chi connectivity index (χ3v) is 3.79. The molecule has 2 heteroatoms. The van der Waals surface area contributed by atoms with Gasteiger partial charge in [-0.25, -0.2) is 0 Å². The van der Waals surface area contributed by atoms with E-state index in [2.05, 4.69) is 32.9 Å². The number of ketones is 1. The van der Waals surface area contributed by atoms with E-state index in [1.807, 2.05) is 18.2 Å². The summed E-state index contributed by atoms with van der Waals surface area (Å²) in [4.78, 5) is 13.2. The highest BCUT2D eigenvalue weighted by atomic mass is 32.2. The standard InChI is InChI=1S/C14H20OS/c1-4-14(13(15)10-11(2)3)16-12-8-6-5-7-9-12/h5-9,11,14H,4,10H2,1-3H3. The molecule has 0 spiro atoms. The Morgan fingerprint density at radius 3 is 2.38 bits per heavy atom. The molecule has 1 nitrogen and oxygen atoms in total. The fourth-order valence-electron chi connectivity index (χ4n) is 1.57. The smallest absolute Gasteiger partial charge is 0.146 e. The van der Waals surface area contributed by atoms with Crippen molar-refractivity contribution in [2.75, 3.05) is 0 Å². The summed E-state index contributed by atoms with van der Waals surface area (Å²) in [6.45, 7) is 6.27. The zero-order valence-corrected chi connectivity index (χ0v) is 11.1. The van der Waals surface area contributed by atoms with Gasteiger partial charge in [0, 0.05) is 11.3 Å². The Kier molecular flexibility index (Phi) is 5.61. The Bertz CT molecular complexity index is 319. The normalized spacial score (nSPS) is 12.8. The Morgan fingerprint density at radius 2 is 1.88 bits per heavy atom. The van der Waals surface area contributed by atoms with Gasteiger partial charge in [-0.05, 0) is 24.5 Å². The van der Waals surface area contributed by atoms with Crippen molar-refractivity contribution in [2.24, 2.45) is 5.92 Å². The van der Waals surface area contributed by atoms with Crippen LogP contribution in [0.1, 0.15) is 33.6 Å². The molecule has 0 heterocycles. The lowest BCUT2D eigenvalue weighted by atomic mass is 10.0. The van der Waals surface area contributed by atoms with Crippen molar-refractivity contribution in [2.45, 2.75) is 43.8 Å². The summed E-state index contributed by atoms with van der Waals surface area (Å²) in [6.07, 6.45) is 1.60. The lowest BCUT2D eigenvalue weighted by Crippen LogP contribution is -2.17. The van der Waals surface area contributed by atoms with E-state index >= 15 is 0 Å². The van der Waals surface area contributed by atoms with Crippen LogP contribution in [0.25, 0.3) is 0 Å². The fraction of sp³-hybridized carbons (Fsp3) is 0.500. The van der Waals surface area contributed by atoms with Crippen molar-refractivity contribution >= 4 is 17.5 Å². The molecule has 0 fully saturated rings. The van der Waals surface area contributed by atoms with Gasteiger partial charge in [-0.1, -0.05) is 39.0 Å². The van der Waals surface area contributed by atoms with Crippen LogP contribution in [0.3, 0.4) is 0 Å². The highest BCUT2D eigenvalue weighted by Crippen LogP contribution is 2.27. The summed E-state index contributed by atoms with van der Waals surface area (Å²) in [5.74, 6) is 0.837. The summed E-state index contributed by atoms with van der Waals surface area (Å²) in [5, 5.41) is 0.116. The number of thioether (sulfide) groups is 1. The number of Topliss-reactive ketones (excluding diaryl/α,β-unsaturated/α-hetero) is 1. The Hall–Kier alpha value is -0.760. The van der Waals surface area contributed by atoms with Gasteiger partial charge in [-0.2, -0.15) is 0 Å². The van der Waals surface area contributed by atoms with Crippen LogP contribution in [-0.4, -0.2) is 11.0 Å². The lowest BCUT2D eigenvalue weighted by molar-refractivity contribution is -0.119. The first-order valence-corrected chi connectivity index (χ1v) is 6.75. The molecule has 0 aliphatic heterocycles. The first kappa shape index (κ1) is 13.3. The molecule has 88 valence electrons. The topological polar surface area (TPSA) is 17.1 Å². The van der Waals surface area contributed by atoms with Gasteiger partial charge in [0.25, 0.3) is 0 Å². The Labute approximate surface area is 103 Å². The van der Waals surface area contributed by atoms with E-state index in [1.54, 1.807) is 11.8 Å². The van der Waals surface area contributed by atoms with Crippen molar-refractivity contribution in [1.82, 2.24) is 0 Å². The SMILES string of the molecule is CCC(Sc1ccccc1)C(=O)CC(C)C. The number of rotatable bonds is 6. The summed E-state index contributed by atoms with van der Waals surface area (Å²) < 4.78 is 0. The van der Waals surface area contributed by atoms with Crippen molar-refractivity contribution in [3.05, 3.63) is 30.3 Å². The van der Waals surface area contributed by atoms with Crippen LogP contribution in [0, 0.1) is 5.92 Å². The van der Waals surface area contributed by atoms with Gasteiger partial charge in [-0.15, -0.1) is 11.8 Å². The molecule has 0 aromatic heterocycles. The molecule has 0 bridgehead atoms. The number of carbonyl (C=O) groups is 1. The van der Waals surface area contributed by atoms with Crippen molar-refractivity contribution in [3.63, 3.8) is 0 Å². The highest BCUT2D eigenvalue weighted by molar-refractivity contribution is 8.00. The molecule has 0 saturated heterocycles. The molecule has 0 radical (unpaired) electrons. The minimum Gasteiger partial charge on any atom is -0.298 e. The molecule has 0 aliphatic carbocycles. The number of hydrogen-bond donors (Lipinski definition) is 0. The molecule has 1 aromatic rings. The minimum absolute atomic E-state index is 0.116. The molecule has 1 aromatic carbocycles. The van der Waals surface area contributed by atoms with Crippen LogP contribution in [-0.2, 0) is 4.79 Å². The molecule has 1 unspecified atom stereocenters. The molecule has 16 heavy (non-hydrogen) atoms. The monoisotopic (exact) mass is 236 g/mol. The largest absolute Gasteiger partial charge is 0.298 e. The summed E-state index contributed by atoms with van der Waals surface area (Å²) in [6, 6.07) is 10.2. The van der Waals surface area contributed by atoms with Gasteiger partial charge >= 0.3 is 0 Å². The molecule has 1 rings (SSSR count). The Balaban J connectivity index is 2.58. The van der Waals surface area contributed by atoms with Gasteiger partial charge in [0.05, 0.1) is 5.25 Å². The Morgan fingerprint density at radius 1 is 1.25 bits per heavy atom. The van der Waals surface area contributed by atoms with Crippen molar-refractivity contribution in [3.8, 4) is 0 Å². The molecular formula is C14H20OS. The predicted molar refractivity (Wildman–Crippen MR) is 70.8 cm³/mol. The van der Waals surface area contributed by atoms with E-state index in [0.29, 0.717) is 18.1 Å². The van der Waals surface area contributed by atoms with Gasteiger partial charge in [0.1, 0.15) is 5.78 Å². The number of carbonyl (C=O) groups excluding carboxylic acids is 1. The average molecular weight is 236 g/mol. The second kappa shape index (κ2) is 6.74. The fourth-order valence-corrected chi connectivity index (χ4v) is 2.61. The molecular weight excluding hydrogens is 216 g/mol. The van der Waals surface area contributed by atoms with Gasteiger partial charge < -0.3 is 0 Å². The summed E-state index contributed by atoms with van der Waals surface area (Å²) in [7, 11) is 0. The van der Waals surface area contributed by atoms with Crippen LogP contribution in [0.2, 0.25) is 0 Å². The third kappa shape index (κ3) is 4.40. The van der Waals surface area contributed by atoms with Crippen LogP contribution in [0.5, 0.6) is 0 Å². The maximum Gasteiger partial charge on any atom is 0.146 e. The maximum absolute atomic E-state index is 12.0. The molecule has 0 N–H and O–H groups in total. The van der Waals surface area contributed by atoms with E-state index in [9.17, 15) is 4.79 Å². The lowest BCUT2D eigenvalue weighted by Gasteiger charge is -2.14. The molecule has 0 aliphatic rings. The maximum atomic E-state index is 12.0. The molecule has 0 amide bonds. The van der Waals surface area contributed by atoms with Crippen LogP contribution in [0.15, 0.2) is 35.2 Å². The highest BCUT2D eigenvalue weighted by Gasteiger charge is 2.18. The van der Waals surface area contributed by atoms with E-state index < -0.39 is 0 Å². The average Bonchev–Trinajstić information content (AvgIpc) is 2.26. The van der Waals surface area contributed by atoms with E-state index in [4.69, 9.17) is 0 Å². The van der Waals surface area contributed by atoms with Crippen LogP contribution in [0.4, 0.5) is 0 Å². The van der Waals surface area contributed by atoms with Gasteiger partial charge in [0.15, 0.2) is 0 Å². The predicted octanol–water partition coefficient (Wildman–Crippen LogP) is 4.17. The zero-order valence-electron chi connectivity index (χ0n) is 10.3. The van der Waals surface area contributed by atoms with Crippen LogP contribution < -0.4 is 0 Å². The number of benzene rings is 1. The third-order valence-electron chi connectivity index (χ3n) is 2.36. The first-order valence-electron chi connectivity index (χ1n) is 5.88. The summed E-state index contributed by atoms with van der Waals surface area (Å²) >= 11 is 1.69. The first-order chi connectivity index (χ1) is 7.63.